The highest BCUT2D eigenvalue weighted by atomic mass is 32.2. The number of hydrogen-bond donors (Lipinski definition) is 1. The topological polar surface area (TPSA) is 53.4 Å². The zero-order valence-corrected chi connectivity index (χ0v) is 12.1. The Morgan fingerprint density at radius 3 is 3.11 bits per heavy atom. The van der Waals surface area contributed by atoms with Crippen LogP contribution in [0.3, 0.4) is 0 Å². The van der Waals surface area contributed by atoms with Crippen LogP contribution in [-0.2, 0) is 4.79 Å². The highest BCUT2D eigenvalue weighted by Gasteiger charge is 2.30. The fourth-order valence-electron chi connectivity index (χ4n) is 2.30. The van der Waals surface area contributed by atoms with Crippen molar-refractivity contribution in [1.29, 1.82) is 0 Å². The predicted molar refractivity (Wildman–Crippen MR) is 78.9 cm³/mol. The molecule has 1 aliphatic heterocycles. The Bertz CT molecular complexity index is 626. The second kappa shape index (κ2) is 5.11. The van der Waals surface area contributed by atoms with Crippen molar-refractivity contribution < 1.29 is 9.90 Å². The third-order valence-corrected chi connectivity index (χ3v) is 5.31. The van der Waals surface area contributed by atoms with Crippen molar-refractivity contribution in [1.82, 2.24) is 4.98 Å². The van der Waals surface area contributed by atoms with E-state index in [1.54, 1.807) is 28.0 Å². The first-order valence-corrected chi connectivity index (χ1v) is 8.11. The van der Waals surface area contributed by atoms with Gasteiger partial charge < -0.3 is 10.0 Å². The molecule has 1 aromatic carbocycles. The number of anilines is 1. The van der Waals surface area contributed by atoms with Gasteiger partial charge in [0.25, 0.3) is 0 Å². The van der Waals surface area contributed by atoms with Crippen LogP contribution in [0.1, 0.15) is 6.42 Å². The van der Waals surface area contributed by atoms with Crippen molar-refractivity contribution >= 4 is 44.9 Å². The monoisotopic (exact) mass is 294 g/mol. The number of aliphatic hydroxyl groups excluding tert-OH is 1. The van der Waals surface area contributed by atoms with Gasteiger partial charge in [-0.1, -0.05) is 11.8 Å². The summed E-state index contributed by atoms with van der Waals surface area (Å²) >= 11 is 3.27. The van der Waals surface area contributed by atoms with Crippen molar-refractivity contribution in [2.24, 2.45) is 5.92 Å². The van der Waals surface area contributed by atoms with E-state index in [1.165, 1.54) is 0 Å². The molecule has 0 saturated carbocycles. The van der Waals surface area contributed by atoms with E-state index in [0.717, 1.165) is 20.2 Å². The Balaban J connectivity index is 1.94. The zero-order valence-electron chi connectivity index (χ0n) is 10.5. The van der Waals surface area contributed by atoms with E-state index < -0.39 is 0 Å². The molecular formula is C13H14N2O2S2. The molecule has 1 saturated heterocycles. The summed E-state index contributed by atoms with van der Waals surface area (Å²) in [7, 11) is 0. The van der Waals surface area contributed by atoms with E-state index in [0.29, 0.717) is 13.0 Å². The van der Waals surface area contributed by atoms with Gasteiger partial charge in [0.2, 0.25) is 5.91 Å². The summed E-state index contributed by atoms with van der Waals surface area (Å²) in [6, 6.07) is 5.91. The molecule has 1 amide bonds. The lowest BCUT2D eigenvalue weighted by Crippen LogP contribution is -2.24. The molecule has 1 aromatic heterocycles. The lowest BCUT2D eigenvalue weighted by Gasteiger charge is -2.16. The van der Waals surface area contributed by atoms with Gasteiger partial charge in [-0.3, -0.25) is 4.79 Å². The van der Waals surface area contributed by atoms with Crippen LogP contribution in [0.2, 0.25) is 0 Å². The first kappa shape index (κ1) is 12.9. The van der Waals surface area contributed by atoms with Gasteiger partial charge in [-0.15, -0.1) is 11.3 Å². The van der Waals surface area contributed by atoms with Crippen molar-refractivity contribution in [2.45, 2.75) is 10.8 Å². The van der Waals surface area contributed by atoms with Gasteiger partial charge in [0.1, 0.15) is 0 Å². The van der Waals surface area contributed by atoms with Crippen molar-refractivity contribution in [3.63, 3.8) is 0 Å². The van der Waals surface area contributed by atoms with Crippen LogP contribution in [0.15, 0.2) is 22.5 Å². The van der Waals surface area contributed by atoms with Crippen LogP contribution in [0.4, 0.5) is 5.69 Å². The van der Waals surface area contributed by atoms with E-state index in [2.05, 4.69) is 4.98 Å². The average Bonchev–Trinajstić information content (AvgIpc) is 3.00. The highest BCUT2D eigenvalue weighted by Crippen LogP contribution is 2.33. The van der Waals surface area contributed by atoms with Gasteiger partial charge in [0, 0.05) is 31.2 Å². The second-order valence-corrected chi connectivity index (χ2v) is 6.68. The fraction of sp³-hybridized carbons (Fsp3) is 0.385. The molecule has 1 atom stereocenters. The summed E-state index contributed by atoms with van der Waals surface area (Å²) in [6.45, 7) is 0.677. The molecule has 0 bridgehead atoms. The predicted octanol–water partition coefficient (Wildman–Crippen LogP) is 2.36. The first-order chi connectivity index (χ1) is 9.21. The minimum atomic E-state index is 0.0615. The van der Waals surface area contributed by atoms with E-state index in [9.17, 15) is 4.79 Å². The molecule has 100 valence electrons. The molecule has 1 aliphatic rings. The molecule has 1 fully saturated rings. The Morgan fingerprint density at radius 1 is 1.58 bits per heavy atom. The largest absolute Gasteiger partial charge is 0.396 e. The van der Waals surface area contributed by atoms with Gasteiger partial charge in [0.05, 0.1) is 10.2 Å². The number of aliphatic hydroxyl groups is 1. The molecule has 3 rings (SSSR count). The maximum Gasteiger partial charge on any atom is 0.227 e. The molecule has 4 nitrogen and oxygen atoms in total. The van der Waals surface area contributed by atoms with Crippen molar-refractivity contribution in [2.75, 3.05) is 24.3 Å². The van der Waals surface area contributed by atoms with E-state index in [-0.39, 0.29) is 18.4 Å². The molecule has 19 heavy (non-hydrogen) atoms. The molecule has 2 heterocycles. The summed E-state index contributed by atoms with van der Waals surface area (Å²) in [4.78, 5) is 18.2. The smallest absolute Gasteiger partial charge is 0.227 e. The number of rotatable bonds is 3. The zero-order chi connectivity index (χ0) is 13.4. The van der Waals surface area contributed by atoms with Crippen LogP contribution in [-0.4, -0.2) is 35.4 Å². The van der Waals surface area contributed by atoms with Crippen LogP contribution in [0.5, 0.6) is 0 Å². The summed E-state index contributed by atoms with van der Waals surface area (Å²) < 4.78 is 2.13. The molecule has 6 heteroatoms. The number of nitrogens with zero attached hydrogens (tertiary/aromatic N) is 2. The second-order valence-electron chi connectivity index (χ2n) is 4.59. The van der Waals surface area contributed by atoms with Crippen LogP contribution < -0.4 is 4.90 Å². The highest BCUT2D eigenvalue weighted by molar-refractivity contribution is 8.00. The lowest BCUT2D eigenvalue weighted by molar-refractivity contribution is -0.117. The third kappa shape index (κ3) is 2.35. The number of carbonyl (C=O) groups excluding carboxylic acids is 1. The van der Waals surface area contributed by atoms with Gasteiger partial charge in [-0.2, -0.15) is 0 Å². The molecule has 0 radical (unpaired) electrons. The number of thioether (sulfide) groups is 1. The summed E-state index contributed by atoms with van der Waals surface area (Å²) in [5.74, 6) is 0.152. The summed E-state index contributed by atoms with van der Waals surface area (Å²) in [5.41, 5.74) is 1.88. The van der Waals surface area contributed by atoms with Crippen LogP contribution in [0, 0.1) is 5.92 Å². The molecular weight excluding hydrogens is 280 g/mol. The SMILES string of the molecule is CSc1nc2ccc(N3CC(CO)CC3=O)cc2s1. The van der Waals surface area contributed by atoms with Gasteiger partial charge in [-0.25, -0.2) is 4.98 Å². The maximum absolute atomic E-state index is 11.9. The minimum absolute atomic E-state index is 0.0615. The Morgan fingerprint density at radius 2 is 2.42 bits per heavy atom. The lowest BCUT2D eigenvalue weighted by atomic mass is 10.1. The Kier molecular flexibility index (Phi) is 3.47. The number of hydrogen-bond acceptors (Lipinski definition) is 5. The van der Waals surface area contributed by atoms with E-state index in [1.807, 2.05) is 24.5 Å². The average molecular weight is 294 g/mol. The summed E-state index contributed by atoms with van der Waals surface area (Å²) in [6.07, 6.45) is 2.45. The Hall–Kier alpha value is -1.11. The van der Waals surface area contributed by atoms with E-state index >= 15 is 0 Å². The minimum Gasteiger partial charge on any atom is -0.396 e. The normalized spacial score (nSPS) is 19.6. The Labute approximate surface area is 119 Å². The molecule has 1 unspecified atom stereocenters. The van der Waals surface area contributed by atoms with Crippen LogP contribution >= 0.6 is 23.1 Å². The van der Waals surface area contributed by atoms with E-state index in [4.69, 9.17) is 5.11 Å². The number of carbonyl (C=O) groups is 1. The van der Waals surface area contributed by atoms with Gasteiger partial charge in [-0.05, 0) is 24.5 Å². The molecule has 0 aliphatic carbocycles. The van der Waals surface area contributed by atoms with Crippen LogP contribution in [0.25, 0.3) is 10.2 Å². The van der Waals surface area contributed by atoms with Crippen molar-refractivity contribution in [3.8, 4) is 0 Å². The molecule has 2 aromatic rings. The third-order valence-electron chi connectivity index (χ3n) is 3.30. The molecule has 0 spiro atoms. The molecule has 1 N–H and O–H groups in total. The fourth-order valence-corrected chi connectivity index (χ4v) is 3.82. The number of aromatic nitrogens is 1. The quantitative estimate of drug-likeness (QED) is 0.883. The summed E-state index contributed by atoms with van der Waals surface area (Å²) in [5, 5.41) is 9.17. The first-order valence-electron chi connectivity index (χ1n) is 6.07. The number of thiazole rings is 1. The maximum atomic E-state index is 11.9. The van der Waals surface area contributed by atoms with Gasteiger partial charge >= 0.3 is 0 Å². The number of benzene rings is 1. The van der Waals surface area contributed by atoms with Gasteiger partial charge in [0.15, 0.2) is 4.34 Å². The standard InChI is InChI=1S/C13H14N2O2S2/c1-18-13-14-10-3-2-9(5-11(10)19-13)15-6-8(7-16)4-12(15)17/h2-3,5,8,16H,4,6-7H2,1H3. The number of fused-ring (bicyclic) bond motifs is 1. The van der Waals surface area contributed by atoms with Crippen molar-refractivity contribution in [3.05, 3.63) is 18.2 Å². The number of amides is 1.